The minimum atomic E-state index is 0.724. The van der Waals surface area contributed by atoms with E-state index in [9.17, 15) is 0 Å². The summed E-state index contributed by atoms with van der Waals surface area (Å²) in [7, 11) is 0. The van der Waals surface area contributed by atoms with E-state index in [0.29, 0.717) is 0 Å². The van der Waals surface area contributed by atoms with Gasteiger partial charge >= 0.3 is 0 Å². The van der Waals surface area contributed by atoms with Crippen molar-refractivity contribution < 1.29 is 0 Å². The average Bonchev–Trinajstić information content (AvgIpc) is 2.03. The molecule has 0 aliphatic carbocycles. The van der Waals surface area contributed by atoms with Gasteiger partial charge in [0, 0.05) is 12.1 Å². The predicted molar refractivity (Wildman–Crippen MR) is 49.6 cm³/mol. The summed E-state index contributed by atoms with van der Waals surface area (Å²) in [5.74, 6) is 0. The first-order valence-corrected chi connectivity index (χ1v) is 4.20. The lowest BCUT2D eigenvalue weighted by molar-refractivity contribution is 0.921. The molecule has 0 bridgehead atoms. The molecule has 3 heteroatoms. The Morgan fingerprint density at radius 2 is 2.45 bits per heavy atom. The van der Waals surface area contributed by atoms with Gasteiger partial charge < -0.3 is 5.32 Å². The summed E-state index contributed by atoms with van der Waals surface area (Å²) in [6, 6.07) is 0. The topological polar surface area (TPSA) is 12.0 Å². The molecule has 0 saturated heterocycles. The van der Waals surface area contributed by atoms with Crippen LogP contribution in [0.25, 0.3) is 0 Å². The zero-order valence-electron chi connectivity index (χ0n) is 5.98. The second-order valence-electron chi connectivity index (χ2n) is 2.19. The third-order valence-corrected chi connectivity index (χ3v) is 1.96. The van der Waals surface area contributed by atoms with Crippen molar-refractivity contribution in [2.75, 3.05) is 6.54 Å². The van der Waals surface area contributed by atoms with Crippen LogP contribution in [0.4, 0.5) is 0 Å². The van der Waals surface area contributed by atoms with Crippen molar-refractivity contribution in [1.82, 2.24) is 5.32 Å². The summed E-state index contributed by atoms with van der Waals surface area (Å²) >= 11 is 11.2. The van der Waals surface area contributed by atoms with Crippen LogP contribution in [0.15, 0.2) is 34.5 Å². The first-order valence-electron chi connectivity index (χ1n) is 3.39. The Morgan fingerprint density at radius 1 is 1.64 bits per heavy atom. The molecule has 0 fully saturated rings. The monoisotopic (exact) mass is 189 g/mol. The van der Waals surface area contributed by atoms with E-state index in [1.165, 1.54) is 5.54 Å². The molecule has 1 aliphatic rings. The van der Waals surface area contributed by atoms with E-state index in [-0.39, 0.29) is 0 Å². The van der Waals surface area contributed by atoms with Crippen LogP contribution in [0.5, 0.6) is 0 Å². The molecule has 0 amide bonds. The molecule has 11 heavy (non-hydrogen) atoms. The Morgan fingerprint density at radius 3 is 3.09 bits per heavy atom. The fourth-order valence-electron chi connectivity index (χ4n) is 0.866. The average molecular weight is 190 g/mol. The van der Waals surface area contributed by atoms with Crippen molar-refractivity contribution in [3.8, 4) is 0 Å². The lowest BCUT2D eigenvalue weighted by atomic mass is 10.1. The number of hydrogen-bond donors (Lipinski definition) is 1. The predicted octanol–water partition coefficient (Wildman–Crippen LogP) is 2.74. The quantitative estimate of drug-likeness (QED) is 0.660. The van der Waals surface area contributed by atoms with Crippen molar-refractivity contribution in [3.05, 3.63) is 34.5 Å². The number of dihydropyridines is 1. The molecule has 1 aliphatic heterocycles. The van der Waals surface area contributed by atoms with Gasteiger partial charge in [-0.05, 0) is 12.0 Å². The van der Waals surface area contributed by atoms with Crippen LogP contribution in [-0.2, 0) is 0 Å². The van der Waals surface area contributed by atoms with Crippen molar-refractivity contribution in [1.29, 1.82) is 0 Å². The SMILES string of the molecule is Cl/C=C/CC1=C(Cl)NCC=C1. The van der Waals surface area contributed by atoms with Crippen LogP contribution < -0.4 is 5.32 Å². The summed E-state index contributed by atoms with van der Waals surface area (Å²) in [4.78, 5) is 0. The molecule has 0 atom stereocenters. The van der Waals surface area contributed by atoms with Gasteiger partial charge in [-0.2, -0.15) is 0 Å². The van der Waals surface area contributed by atoms with Crippen molar-refractivity contribution in [2.24, 2.45) is 0 Å². The Bertz CT molecular complexity index is 216. The van der Waals surface area contributed by atoms with E-state index < -0.39 is 0 Å². The van der Waals surface area contributed by atoms with Gasteiger partial charge in [-0.3, -0.25) is 0 Å². The maximum Gasteiger partial charge on any atom is 0.106 e. The van der Waals surface area contributed by atoms with E-state index in [2.05, 4.69) is 5.32 Å². The summed E-state index contributed by atoms with van der Waals surface area (Å²) in [6.45, 7) is 0.812. The maximum absolute atomic E-state index is 5.86. The highest BCUT2D eigenvalue weighted by atomic mass is 35.5. The van der Waals surface area contributed by atoms with Gasteiger partial charge in [0.2, 0.25) is 0 Å². The molecule has 0 unspecified atom stereocenters. The standard InChI is InChI=1S/C8H9Cl2N/c9-5-1-3-7-4-2-6-11-8(7)10/h1-2,4-5,11H,3,6H2/b5-1+. The zero-order valence-corrected chi connectivity index (χ0v) is 7.49. The first-order chi connectivity index (χ1) is 5.34. The molecular weight excluding hydrogens is 181 g/mol. The Kier molecular flexibility index (Phi) is 3.53. The second-order valence-corrected chi connectivity index (χ2v) is 2.82. The molecular formula is C8H9Cl2N. The molecule has 0 spiro atoms. The molecule has 0 aromatic rings. The molecule has 0 saturated carbocycles. The third-order valence-electron chi connectivity index (χ3n) is 1.40. The second kappa shape index (κ2) is 4.47. The minimum absolute atomic E-state index is 0.724. The van der Waals surface area contributed by atoms with Crippen molar-refractivity contribution in [3.63, 3.8) is 0 Å². The first kappa shape index (κ1) is 8.69. The van der Waals surface area contributed by atoms with Gasteiger partial charge in [-0.15, -0.1) is 0 Å². The normalized spacial score (nSPS) is 17.6. The molecule has 0 radical (unpaired) electrons. The van der Waals surface area contributed by atoms with Crippen LogP contribution in [0.1, 0.15) is 6.42 Å². The fraction of sp³-hybridized carbons (Fsp3) is 0.250. The lowest BCUT2D eigenvalue weighted by Crippen LogP contribution is -2.14. The van der Waals surface area contributed by atoms with Gasteiger partial charge in [0.15, 0.2) is 0 Å². The van der Waals surface area contributed by atoms with Crippen LogP contribution in [0.3, 0.4) is 0 Å². The van der Waals surface area contributed by atoms with Gasteiger partial charge in [-0.25, -0.2) is 0 Å². The summed E-state index contributed by atoms with van der Waals surface area (Å²) in [5, 5.41) is 3.75. The van der Waals surface area contributed by atoms with Gasteiger partial charge in [0.25, 0.3) is 0 Å². The van der Waals surface area contributed by atoms with E-state index in [1.807, 2.05) is 18.2 Å². The highest BCUT2D eigenvalue weighted by Crippen LogP contribution is 2.15. The van der Waals surface area contributed by atoms with Crippen LogP contribution in [0, 0.1) is 0 Å². The van der Waals surface area contributed by atoms with Crippen molar-refractivity contribution >= 4 is 23.2 Å². The summed E-state index contributed by atoms with van der Waals surface area (Å²) in [5.41, 5.74) is 2.58. The largest absolute Gasteiger partial charge is 0.372 e. The molecule has 1 N–H and O–H groups in total. The smallest absolute Gasteiger partial charge is 0.106 e. The molecule has 60 valence electrons. The number of halogens is 2. The van der Waals surface area contributed by atoms with E-state index in [0.717, 1.165) is 23.7 Å². The van der Waals surface area contributed by atoms with Crippen LogP contribution in [-0.4, -0.2) is 6.54 Å². The minimum Gasteiger partial charge on any atom is -0.372 e. The van der Waals surface area contributed by atoms with E-state index in [4.69, 9.17) is 23.2 Å². The van der Waals surface area contributed by atoms with Gasteiger partial charge in [-0.1, -0.05) is 41.4 Å². The summed E-state index contributed by atoms with van der Waals surface area (Å²) in [6.07, 6.45) is 6.68. The van der Waals surface area contributed by atoms with Crippen LogP contribution >= 0.6 is 23.2 Å². The fourth-order valence-corrected chi connectivity index (χ4v) is 1.17. The molecule has 1 nitrogen and oxygen atoms in total. The Balaban J connectivity index is 2.60. The Hall–Kier alpha value is -0.400. The van der Waals surface area contributed by atoms with E-state index >= 15 is 0 Å². The molecule has 0 aromatic heterocycles. The lowest BCUT2D eigenvalue weighted by Gasteiger charge is -2.10. The van der Waals surface area contributed by atoms with Crippen molar-refractivity contribution in [2.45, 2.75) is 6.42 Å². The summed E-state index contributed by atoms with van der Waals surface area (Å²) < 4.78 is 0. The number of hydrogen-bond acceptors (Lipinski definition) is 1. The number of allylic oxidation sites excluding steroid dienone is 3. The third kappa shape index (κ3) is 2.60. The van der Waals surface area contributed by atoms with Crippen LogP contribution in [0.2, 0.25) is 0 Å². The zero-order chi connectivity index (χ0) is 8.10. The van der Waals surface area contributed by atoms with Gasteiger partial charge in [0.05, 0.1) is 0 Å². The van der Waals surface area contributed by atoms with Gasteiger partial charge in [0.1, 0.15) is 5.16 Å². The Labute approximate surface area is 76.4 Å². The number of nitrogens with one attached hydrogen (secondary N) is 1. The highest BCUT2D eigenvalue weighted by molar-refractivity contribution is 6.29. The van der Waals surface area contributed by atoms with E-state index in [1.54, 1.807) is 0 Å². The molecule has 1 rings (SSSR count). The maximum atomic E-state index is 5.86. The highest BCUT2D eigenvalue weighted by Gasteiger charge is 2.02. The number of rotatable bonds is 2. The molecule has 1 heterocycles. The molecule has 0 aromatic carbocycles.